The molecule has 1 aromatic carbocycles. The minimum atomic E-state index is -3.40. The first-order valence-corrected chi connectivity index (χ1v) is 10.8. The highest BCUT2D eigenvalue weighted by Crippen LogP contribution is 2.38. The van der Waals surface area contributed by atoms with Crippen LogP contribution in [0.2, 0.25) is 0 Å². The standard InChI is InChI=1S/C19H30N2O3S/c1-4-16-6-8-18(9-7-16)25(22,23)21-12-10-19(11-13-21)14-17(15-24-19)20(3)5-2/h6-9,17H,4-5,10-15H2,1-3H3/t17-/m1/s1. The molecular formula is C19H30N2O3S. The molecule has 0 N–H and O–H groups in total. The van der Waals surface area contributed by atoms with Gasteiger partial charge in [0, 0.05) is 19.1 Å². The molecule has 2 fully saturated rings. The molecule has 0 aliphatic carbocycles. The van der Waals surface area contributed by atoms with Gasteiger partial charge in [0.1, 0.15) is 0 Å². The molecule has 6 heteroatoms. The van der Waals surface area contributed by atoms with Crippen LogP contribution in [0.25, 0.3) is 0 Å². The van der Waals surface area contributed by atoms with Crippen LogP contribution >= 0.6 is 0 Å². The second-order valence-electron chi connectivity index (χ2n) is 7.33. The zero-order valence-electron chi connectivity index (χ0n) is 15.6. The number of likely N-dealkylation sites (N-methyl/N-ethyl adjacent to an activating group) is 1. The van der Waals surface area contributed by atoms with E-state index in [1.165, 1.54) is 0 Å². The third kappa shape index (κ3) is 3.77. The molecule has 0 radical (unpaired) electrons. The van der Waals surface area contributed by atoms with Crippen molar-refractivity contribution < 1.29 is 13.2 Å². The molecule has 140 valence electrons. The first kappa shape index (κ1) is 18.8. The van der Waals surface area contributed by atoms with Crippen LogP contribution < -0.4 is 0 Å². The van der Waals surface area contributed by atoms with E-state index in [-0.39, 0.29) is 5.60 Å². The highest BCUT2D eigenvalue weighted by Gasteiger charge is 2.45. The van der Waals surface area contributed by atoms with Crippen LogP contribution in [0.4, 0.5) is 0 Å². The van der Waals surface area contributed by atoms with Crippen molar-refractivity contribution in [3.8, 4) is 0 Å². The lowest BCUT2D eigenvalue weighted by molar-refractivity contribution is -0.0316. The Labute approximate surface area is 152 Å². The van der Waals surface area contributed by atoms with Crippen LogP contribution in [0.5, 0.6) is 0 Å². The summed E-state index contributed by atoms with van der Waals surface area (Å²) in [5, 5.41) is 0. The predicted octanol–water partition coefficient (Wildman–Crippen LogP) is 2.51. The summed E-state index contributed by atoms with van der Waals surface area (Å²) in [6.07, 6.45) is 3.49. The van der Waals surface area contributed by atoms with Crippen molar-refractivity contribution in [2.24, 2.45) is 0 Å². The third-order valence-corrected chi connectivity index (χ3v) is 7.83. The first-order valence-electron chi connectivity index (χ1n) is 9.33. The summed E-state index contributed by atoms with van der Waals surface area (Å²) in [5.74, 6) is 0. The normalized spacial score (nSPS) is 24.2. The minimum absolute atomic E-state index is 0.133. The van der Waals surface area contributed by atoms with Gasteiger partial charge in [-0.3, -0.25) is 0 Å². The monoisotopic (exact) mass is 366 g/mol. The molecule has 25 heavy (non-hydrogen) atoms. The van der Waals surface area contributed by atoms with Crippen LogP contribution in [0.1, 0.15) is 38.7 Å². The smallest absolute Gasteiger partial charge is 0.243 e. The molecule has 2 heterocycles. The van der Waals surface area contributed by atoms with Crippen molar-refractivity contribution in [3.05, 3.63) is 29.8 Å². The van der Waals surface area contributed by atoms with Crippen molar-refractivity contribution in [1.29, 1.82) is 0 Å². The third-order valence-electron chi connectivity index (χ3n) is 5.91. The molecule has 0 unspecified atom stereocenters. The molecule has 1 atom stereocenters. The van der Waals surface area contributed by atoms with Gasteiger partial charge >= 0.3 is 0 Å². The van der Waals surface area contributed by atoms with Crippen LogP contribution in [0.15, 0.2) is 29.2 Å². The Bertz CT molecular complexity index is 679. The number of hydrogen-bond acceptors (Lipinski definition) is 4. The second-order valence-corrected chi connectivity index (χ2v) is 9.26. The molecule has 2 aliphatic heterocycles. The molecule has 5 nitrogen and oxygen atoms in total. The van der Waals surface area contributed by atoms with Crippen molar-refractivity contribution in [2.45, 2.75) is 56.1 Å². The summed E-state index contributed by atoms with van der Waals surface area (Å²) in [6, 6.07) is 7.73. The maximum absolute atomic E-state index is 12.9. The summed E-state index contributed by atoms with van der Waals surface area (Å²) in [5.41, 5.74) is 1.02. The highest BCUT2D eigenvalue weighted by atomic mass is 32.2. The van der Waals surface area contributed by atoms with Crippen LogP contribution in [0, 0.1) is 0 Å². The summed E-state index contributed by atoms with van der Waals surface area (Å²) >= 11 is 0. The minimum Gasteiger partial charge on any atom is -0.373 e. The van der Waals surface area contributed by atoms with Gasteiger partial charge in [0.2, 0.25) is 10.0 Å². The second kappa shape index (κ2) is 7.35. The number of sulfonamides is 1. The van der Waals surface area contributed by atoms with Crippen molar-refractivity contribution in [2.75, 3.05) is 33.3 Å². The molecule has 2 saturated heterocycles. The van der Waals surface area contributed by atoms with Gasteiger partial charge in [-0.1, -0.05) is 26.0 Å². The number of piperidine rings is 1. The van der Waals surface area contributed by atoms with Gasteiger partial charge in [-0.2, -0.15) is 4.31 Å². The first-order chi connectivity index (χ1) is 11.9. The fraction of sp³-hybridized carbons (Fsp3) is 0.684. The number of hydrogen-bond donors (Lipinski definition) is 0. The Hall–Kier alpha value is -0.950. The molecule has 2 aliphatic rings. The number of nitrogens with zero attached hydrogens (tertiary/aromatic N) is 2. The van der Waals surface area contributed by atoms with E-state index in [9.17, 15) is 8.42 Å². The quantitative estimate of drug-likeness (QED) is 0.803. The molecule has 0 amide bonds. The molecule has 1 spiro atoms. The van der Waals surface area contributed by atoms with Crippen molar-refractivity contribution in [1.82, 2.24) is 9.21 Å². The van der Waals surface area contributed by atoms with Crippen LogP contribution in [-0.4, -0.2) is 62.6 Å². The fourth-order valence-electron chi connectivity index (χ4n) is 3.89. The molecule has 0 bridgehead atoms. The van der Waals surface area contributed by atoms with Crippen LogP contribution in [-0.2, 0) is 21.2 Å². The SMILES string of the molecule is CCc1ccc(S(=O)(=O)N2CCC3(CC2)C[C@@H](N(C)CC)CO3)cc1. The van der Waals surface area contributed by atoms with E-state index in [2.05, 4.69) is 25.8 Å². The van der Waals surface area contributed by atoms with Gasteiger partial charge in [0.15, 0.2) is 0 Å². The Morgan fingerprint density at radius 2 is 1.84 bits per heavy atom. The zero-order chi connectivity index (χ0) is 18.1. The Balaban J connectivity index is 1.65. The van der Waals surface area contributed by atoms with E-state index in [1.807, 2.05) is 12.1 Å². The lowest BCUT2D eigenvalue weighted by Gasteiger charge is -2.38. The highest BCUT2D eigenvalue weighted by molar-refractivity contribution is 7.89. The van der Waals surface area contributed by atoms with Gasteiger partial charge in [0.25, 0.3) is 0 Å². The number of benzene rings is 1. The number of aryl methyl sites for hydroxylation is 1. The van der Waals surface area contributed by atoms with Crippen LogP contribution in [0.3, 0.4) is 0 Å². The molecule has 0 saturated carbocycles. The maximum Gasteiger partial charge on any atom is 0.243 e. The topological polar surface area (TPSA) is 49.9 Å². The van der Waals surface area contributed by atoms with E-state index in [0.717, 1.165) is 44.4 Å². The van der Waals surface area contributed by atoms with Gasteiger partial charge in [-0.25, -0.2) is 8.42 Å². The molecular weight excluding hydrogens is 336 g/mol. The summed E-state index contributed by atoms with van der Waals surface area (Å²) in [4.78, 5) is 2.73. The van der Waals surface area contributed by atoms with Gasteiger partial charge in [-0.05, 0) is 57.0 Å². The van der Waals surface area contributed by atoms with E-state index in [0.29, 0.717) is 24.0 Å². The fourth-order valence-corrected chi connectivity index (χ4v) is 5.33. The van der Waals surface area contributed by atoms with Crippen molar-refractivity contribution >= 4 is 10.0 Å². The summed E-state index contributed by atoms with van der Waals surface area (Å²) in [6.45, 7) is 7.08. The van der Waals surface area contributed by atoms with E-state index >= 15 is 0 Å². The Kier molecular flexibility index (Phi) is 5.54. The molecule has 0 aromatic heterocycles. The van der Waals surface area contributed by atoms with E-state index in [4.69, 9.17) is 4.74 Å². The Morgan fingerprint density at radius 3 is 2.40 bits per heavy atom. The lowest BCUT2D eigenvalue weighted by Crippen LogP contribution is -2.46. The zero-order valence-corrected chi connectivity index (χ0v) is 16.4. The van der Waals surface area contributed by atoms with Gasteiger partial charge in [0.05, 0.1) is 17.1 Å². The average molecular weight is 367 g/mol. The predicted molar refractivity (Wildman–Crippen MR) is 99.2 cm³/mol. The largest absolute Gasteiger partial charge is 0.373 e. The van der Waals surface area contributed by atoms with E-state index in [1.54, 1.807) is 16.4 Å². The lowest BCUT2D eigenvalue weighted by atomic mass is 9.88. The Morgan fingerprint density at radius 1 is 1.20 bits per heavy atom. The molecule has 3 rings (SSSR count). The maximum atomic E-state index is 12.9. The number of ether oxygens (including phenoxy) is 1. The average Bonchev–Trinajstić information content (AvgIpc) is 3.05. The van der Waals surface area contributed by atoms with Gasteiger partial charge < -0.3 is 9.64 Å². The van der Waals surface area contributed by atoms with Crippen molar-refractivity contribution in [3.63, 3.8) is 0 Å². The van der Waals surface area contributed by atoms with Gasteiger partial charge in [-0.15, -0.1) is 0 Å². The van der Waals surface area contributed by atoms with E-state index < -0.39 is 10.0 Å². The number of rotatable bonds is 5. The summed E-state index contributed by atoms with van der Waals surface area (Å²) < 4.78 is 33.5. The summed E-state index contributed by atoms with van der Waals surface area (Å²) in [7, 11) is -1.27. The molecule has 1 aromatic rings.